The lowest BCUT2D eigenvalue weighted by Crippen LogP contribution is -2.49. The number of nitrogens with one attached hydrogen (secondary N) is 2. The summed E-state index contributed by atoms with van der Waals surface area (Å²) < 4.78 is 0. The van der Waals surface area contributed by atoms with Gasteiger partial charge in [-0.3, -0.25) is 20.4 Å². The quantitative estimate of drug-likeness (QED) is 0.635. The standard InChI is InChI=1S/C23H27N3O2/c1-16-9-11-17(12-10-16)20-14-24-25-21(20)19-8-5-13-26(15-19)23(28)22(27)18-6-3-2-4-7-18/h2-4,6-7,9-12,19-21,24-25H,5,8,13-15H2,1H3. The Morgan fingerprint density at radius 3 is 2.54 bits per heavy atom. The van der Waals surface area contributed by atoms with E-state index in [0.29, 0.717) is 30.5 Å². The molecule has 146 valence electrons. The van der Waals surface area contributed by atoms with Crippen LogP contribution in [0.5, 0.6) is 0 Å². The molecule has 5 nitrogen and oxygen atoms in total. The molecule has 0 aromatic heterocycles. The van der Waals surface area contributed by atoms with Crippen LogP contribution in [0.1, 0.15) is 40.2 Å². The van der Waals surface area contributed by atoms with Gasteiger partial charge < -0.3 is 4.90 Å². The summed E-state index contributed by atoms with van der Waals surface area (Å²) in [6.45, 7) is 4.25. The van der Waals surface area contributed by atoms with Crippen molar-refractivity contribution < 1.29 is 9.59 Å². The van der Waals surface area contributed by atoms with Crippen LogP contribution in [0, 0.1) is 12.8 Å². The maximum atomic E-state index is 12.8. The number of aryl methyl sites for hydroxylation is 1. The molecule has 2 aliphatic heterocycles. The number of piperidine rings is 1. The SMILES string of the molecule is Cc1ccc(C2CNNC2C2CCCN(C(=O)C(=O)c3ccccc3)C2)cc1. The number of hydrogen-bond donors (Lipinski definition) is 2. The lowest BCUT2D eigenvalue weighted by Gasteiger charge is -2.37. The molecule has 5 heteroatoms. The van der Waals surface area contributed by atoms with E-state index < -0.39 is 5.78 Å². The number of Topliss-reactive ketones (excluding diaryl/α,β-unsaturated/α-hetero) is 1. The van der Waals surface area contributed by atoms with Gasteiger partial charge in [0.25, 0.3) is 5.91 Å². The molecule has 3 unspecified atom stereocenters. The van der Waals surface area contributed by atoms with E-state index in [1.54, 1.807) is 29.2 Å². The summed E-state index contributed by atoms with van der Waals surface area (Å²) in [5, 5.41) is 0. The van der Waals surface area contributed by atoms with Crippen LogP contribution in [0.4, 0.5) is 0 Å². The van der Waals surface area contributed by atoms with Gasteiger partial charge in [-0.25, -0.2) is 0 Å². The second-order valence-corrected chi connectivity index (χ2v) is 7.92. The fourth-order valence-corrected chi connectivity index (χ4v) is 4.44. The largest absolute Gasteiger partial charge is 0.335 e. The van der Waals surface area contributed by atoms with Crippen molar-refractivity contribution in [1.82, 2.24) is 15.8 Å². The number of amides is 1. The molecule has 2 aromatic rings. The van der Waals surface area contributed by atoms with E-state index in [2.05, 4.69) is 42.0 Å². The highest BCUT2D eigenvalue weighted by Gasteiger charge is 2.38. The Morgan fingerprint density at radius 1 is 1.04 bits per heavy atom. The van der Waals surface area contributed by atoms with Gasteiger partial charge in [0.05, 0.1) is 0 Å². The Hall–Kier alpha value is -2.50. The van der Waals surface area contributed by atoms with E-state index in [4.69, 9.17) is 0 Å². The third kappa shape index (κ3) is 3.86. The minimum atomic E-state index is -0.408. The van der Waals surface area contributed by atoms with Gasteiger partial charge in [-0.05, 0) is 31.2 Å². The molecule has 0 spiro atoms. The molecular formula is C23H27N3O2. The zero-order chi connectivity index (χ0) is 19.5. The number of hydrogen-bond acceptors (Lipinski definition) is 4. The summed E-state index contributed by atoms with van der Waals surface area (Å²) >= 11 is 0. The average molecular weight is 377 g/mol. The van der Waals surface area contributed by atoms with Gasteiger partial charge in [-0.1, -0.05) is 60.2 Å². The predicted molar refractivity (Wildman–Crippen MR) is 109 cm³/mol. The molecule has 0 radical (unpaired) electrons. The molecule has 4 rings (SSSR count). The molecule has 2 aliphatic rings. The van der Waals surface area contributed by atoms with Gasteiger partial charge >= 0.3 is 0 Å². The second-order valence-electron chi connectivity index (χ2n) is 7.92. The van der Waals surface area contributed by atoms with E-state index in [0.717, 1.165) is 19.4 Å². The molecule has 3 atom stereocenters. The van der Waals surface area contributed by atoms with Gasteiger partial charge in [-0.2, -0.15) is 0 Å². The van der Waals surface area contributed by atoms with Crippen LogP contribution in [0.3, 0.4) is 0 Å². The van der Waals surface area contributed by atoms with E-state index in [1.165, 1.54) is 11.1 Å². The summed E-state index contributed by atoms with van der Waals surface area (Å²) in [5.41, 5.74) is 9.78. The normalized spacial score (nSPS) is 24.9. The molecule has 2 saturated heterocycles. The molecule has 28 heavy (non-hydrogen) atoms. The van der Waals surface area contributed by atoms with E-state index >= 15 is 0 Å². The maximum absolute atomic E-state index is 12.8. The molecule has 0 bridgehead atoms. The number of carbonyl (C=O) groups is 2. The number of hydrazine groups is 1. The van der Waals surface area contributed by atoms with Crippen molar-refractivity contribution in [3.8, 4) is 0 Å². The van der Waals surface area contributed by atoms with Crippen LogP contribution in [0.25, 0.3) is 0 Å². The van der Waals surface area contributed by atoms with Crippen LogP contribution >= 0.6 is 0 Å². The fourth-order valence-electron chi connectivity index (χ4n) is 4.44. The van der Waals surface area contributed by atoms with Crippen molar-refractivity contribution in [3.63, 3.8) is 0 Å². The molecule has 0 saturated carbocycles. The van der Waals surface area contributed by atoms with Crippen LogP contribution in [-0.4, -0.2) is 42.3 Å². The van der Waals surface area contributed by atoms with Crippen molar-refractivity contribution in [2.75, 3.05) is 19.6 Å². The Bertz CT molecular complexity index is 835. The summed E-state index contributed by atoms with van der Waals surface area (Å²) in [4.78, 5) is 27.1. The van der Waals surface area contributed by atoms with Gasteiger partial charge in [0.2, 0.25) is 5.78 Å². The van der Waals surface area contributed by atoms with Gasteiger partial charge in [-0.15, -0.1) is 0 Å². The number of ketones is 1. The van der Waals surface area contributed by atoms with E-state index in [1.807, 2.05) is 6.07 Å². The smallest absolute Gasteiger partial charge is 0.294 e. The maximum Gasteiger partial charge on any atom is 0.294 e. The van der Waals surface area contributed by atoms with Crippen molar-refractivity contribution in [1.29, 1.82) is 0 Å². The Kier molecular flexibility index (Phi) is 5.55. The summed E-state index contributed by atoms with van der Waals surface area (Å²) in [7, 11) is 0. The van der Waals surface area contributed by atoms with Crippen LogP contribution in [0.15, 0.2) is 54.6 Å². The van der Waals surface area contributed by atoms with Gasteiger partial charge in [0, 0.05) is 37.2 Å². The Morgan fingerprint density at radius 2 is 1.79 bits per heavy atom. The zero-order valence-electron chi connectivity index (χ0n) is 16.2. The molecular weight excluding hydrogens is 350 g/mol. The molecule has 2 aromatic carbocycles. The summed E-state index contributed by atoms with van der Waals surface area (Å²) in [5.74, 6) is -0.101. The first-order valence-electron chi connectivity index (χ1n) is 10.1. The summed E-state index contributed by atoms with van der Waals surface area (Å²) in [6.07, 6.45) is 1.99. The Labute approximate surface area is 166 Å². The van der Waals surface area contributed by atoms with Crippen molar-refractivity contribution in [3.05, 3.63) is 71.3 Å². The molecule has 2 heterocycles. The fraction of sp³-hybridized carbons (Fsp3) is 0.391. The van der Waals surface area contributed by atoms with Crippen molar-refractivity contribution in [2.45, 2.75) is 31.7 Å². The highest BCUT2D eigenvalue weighted by Crippen LogP contribution is 2.32. The second kappa shape index (κ2) is 8.25. The molecule has 1 amide bonds. The van der Waals surface area contributed by atoms with Gasteiger partial charge in [0.15, 0.2) is 0 Å². The average Bonchev–Trinajstić information content (AvgIpc) is 3.24. The molecule has 2 N–H and O–H groups in total. The number of nitrogens with zero attached hydrogens (tertiary/aromatic N) is 1. The number of benzene rings is 2. The molecule has 0 aliphatic carbocycles. The lowest BCUT2D eigenvalue weighted by molar-refractivity contribution is -0.128. The molecule has 2 fully saturated rings. The lowest BCUT2D eigenvalue weighted by atomic mass is 9.81. The first-order valence-corrected chi connectivity index (χ1v) is 10.1. The Balaban J connectivity index is 1.46. The highest BCUT2D eigenvalue weighted by molar-refractivity contribution is 6.42. The van der Waals surface area contributed by atoms with Crippen molar-refractivity contribution >= 4 is 11.7 Å². The minimum absolute atomic E-state index is 0.255. The topological polar surface area (TPSA) is 61.4 Å². The predicted octanol–water partition coefficient (Wildman–Crippen LogP) is 2.68. The number of rotatable bonds is 4. The van der Waals surface area contributed by atoms with Crippen LogP contribution < -0.4 is 10.9 Å². The van der Waals surface area contributed by atoms with Crippen LogP contribution in [0.2, 0.25) is 0 Å². The highest BCUT2D eigenvalue weighted by atomic mass is 16.2. The van der Waals surface area contributed by atoms with E-state index in [-0.39, 0.29) is 11.9 Å². The first-order chi connectivity index (χ1) is 13.6. The monoisotopic (exact) mass is 377 g/mol. The third-order valence-corrected chi connectivity index (χ3v) is 6.01. The third-order valence-electron chi connectivity index (χ3n) is 6.01. The van der Waals surface area contributed by atoms with Gasteiger partial charge in [0.1, 0.15) is 0 Å². The summed E-state index contributed by atoms with van der Waals surface area (Å²) in [6, 6.07) is 17.8. The van der Waals surface area contributed by atoms with Crippen LogP contribution in [-0.2, 0) is 4.79 Å². The number of likely N-dealkylation sites (tertiary alicyclic amines) is 1. The van der Waals surface area contributed by atoms with Crippen molar-refractivity contribution in [2.24, 2.45) is 5.92 Å². The minimum Gasteiger partial charge on any atom is -0.335 e. The van der Waals surface area contributed by atoms with E-state index in [9.17, 15) is 9.59 Å². The number of carbonyl (C=O) groups excluding carboxylic acids is 2. The first kappa shape index (κ1) is 18.8. The zero-order valence-corrected chi connectivity index (χ0v) is 16.2.